The number of nitrogens with zero attached hydrogens (tertiary/aromatic N) is 1. The highest BCUT2D eigenvalue weighted by molar-refractivity contribution is 5.85. The van der Waals surface area contributed by atoms with Crippen LogP contribution in [0.4, 0.5) is 0 Å². The van der Waals surface area contributed by atoms with Crippen molar-refractivity contribution in [3.05, 3.63) is 18.2 Å². The SMILES string of the molecule is Cl.Cl.O=C(O)c1cnc[nH]1. The Kier molecular flexibility index (Phi) is 6.09. The van der Waals surface area contributed by atoms with E-state index in [4.69, 9.17) is 5.11 Å². The second kappa shape index (κ2) is 5.08. The van der Waals surface area contributed by atoms with Crippen LogP contribution in [0.25, 0.3) is 0 Å². The Labute approximate surface area is 69.5 Å². The lowest BCUT2D eigenvalue weighted by molar-refractivity contribution is 0.0691. The smallest absolute Gasteiger partial charge is 0.353 e. The molecule has 0 aliphatic rings. The summed E-state index contributed by atoms with van der Waals surface area (Å²) in [6.45, 7) is 0. The van der Waals surface area contributed by atoms with Gasteiger partial charge in [-0.1, -0.05) is 0 Å². The van der Waals surface area contributed by atoms with Gasteiger partial charge in [0.25, 0.3) is 0 Å². The van der Waals surface area contributed by atoms with E-state index in [1.807, 2.05) is 0 Å². The number of carboxylic acid groups (broad SMARTS) is 1. The molecule has 10 heavy (non-hydrogen) atoms. The van der Waals surface area contributed by atoms with E-state index in [0.29, 0.717) is 0 Å². The van der Waals surface area contributed by atoms with Crippen molar-refractivity contribution >= 4 is 30.8 Å². The van der Waals surface area contributed by atoms with Crippen molar-refractivity contribution in [3.63, 3.8) is 0 Å². The number of H-pyrrole nitrogens is 1. The van der Waals surface area contributed by atoms with Crippen molar-refractivity contribution in [1.82, 2.24) is 9.97 Å². The van der Waals surface area contributed by atoms with Crippen LogP contribution in [-0.4, -0.2) is 21.0 Å². The second-order valence-electron chi connectivity index (χ2n) is 1.27. The molecule has 0 unspecified atom stereocenters. The fraction of sp³-hybridized carbons (Fsp3) is 0. The molecule has 1 rings (SSSR count). The number of aromatic nitrogens is 2. The Hall–Kier alpha value is -0.740. The van der Waals surface area contributed by atoms with Gasteiger partial charge in [0.2, 0.25) is 0 Å². The Bertz CT molecular complexity index is 187. The van der Waals surface area contributed by atoms with Crippen molar-refractivity contribution in [2.24, 2.45) is 0 Å². The van der Waals surface area contributed by atoms with E-state index >= 15 is 0 Å². The topological polar surface area (TPSA) is 66.0 Å². The molecule has 0 aliphatic heterocycles. The van der Waals surface area contributed by atoms with Crippen molar-refractivity contribution in [2.45, 2.75) is 0 Å². The van der Waals surface area contributed by atoms with E-state index < -0.39 is 5.97 Å². The number of rotatable bonds is 1. The maximum atomic E-state index is 9.99. The Morgan fingerprint density at radius 1 is 1.60 bits per heavy atom. The van der Waals surface area contributed by atoms with Crippen molar-refractivity contribution in [3.8, 4) is 0 Å². The molecule has 1 aromatic rings. The summed E-state index contributed by atoms with van der Waals surface area (Å²) in [7, 11) is 0. The van der Waals surface area contributed by atoms with Crippen LogP contribution in [0.2, 0.25) is 0 Å². The summed E-state index contributed by atoms with van der Waals surface area (Å²) in [4.78, 5) is 15.9. The van der Waals surface area contributed by atoms with Crippen molar-refractivity contribution in [1.29, 1.82) is 0 Å². The van der Waals surface area contributed by atoms with Gasteiger partial charge in [-0.3, -0.25) is 0 Å². The van der Waals surface area contributed by atoms with Crippen LogP contribution < -0.4 is 0 Å². The predicted octanol–water partition coefficient (Wildman–Crippen LogP) is 0.951. The maximum absolute atomic E-state index is 9.99. The molecule has 0 aliphatic carbocycles. The first-order valence-electron chi connectivity index (χ1n) is 2.02. The average Bonchev–Trinajstić information content (AvgIpc) is 2.12. The predicted molar refractivity (Wildman–Crippen MR) is 40.0 cm³/mol. The third kappa shape index (κ3) is 2.70. The van der Waals surface area contributed by atoms with Crippen LogP contribution in [0, 0.1) is 0 Å². The minimum absolute atomic E-state index is 0. The molecule has 1 aromatic heterocycles. The monoisotopic (exact) mass is 184 g/mol. The van der Waals surface area contributed by atoms with Gasteiger partial charge < -0.3 is 10.1 Å². The summed E-state index contributed by atoms with van der Waals surface area (Å²) in [5.41, 5.74) is 0.116. The van der Waals surface area contributed by atoms with Gasteiger partial charge >= 0.3 is 5.97 Å². The molecule has 0 saturated heterocycles. The van der Waals surface area contributed by atoms with Gasteiger partial charge in [0, 0.05) is 0 Å². The maximum Gasteiger partial charge on any atom is 0.353 e. The minimum Gasteiger partial charge on any atom is -0.477 e. The molecule has 0 aromatic carbocycles. The van der Waals surface area contributed by atoms with E-state index in [0.717, 1.165) is 0 Å². The van der Waals surface area contributed by atoms with Crippen LogP contribution in [0.1, 0.15) is 10.5 Å². The number of halogens is 2. The van der Waals surface area contributed by atoms with Crippen LogP contribution in [0.15, 0.2) is 12.5 Å². The highest BCUT2D eigenvalue weighted by Gasteiger charge is 1.99. The second-order valence-corrected chi connectivity index (χ2v) is 1.27. The number of aromatic amines is 1. The highest BCUT2D eigenvalue weighted by Crippen LogP contribution is 1.87. The van der Waals surface area contributed by atoms with Crippen LogP contribution in [0.3, 0.4) is 0 Å². The summed E-state index contributed by atoms with van der Waals surface area (Å²) < 4.78 is 0. The number of hydrogen-bond acceptors (Lipinski definition) is 2. The fourth-order valence-electron chi connectivity index (χ4n) is 0.373. The average molecular weight is 185 g/mol. The zero-order valence-electron chi connectivity index (χ0n) is 4.77. The van der Waals surface area contributed by atoms with Gasteiger partial charge in [-0.25, -0.2) is 9.78 Å². The number of carbonyl (C=O) groups is 1. The van der Waals surface area contributed by atoms with Gasteiger partial charge in [-0.05, 0) is 0 Å². The van der Waals surface area contributed by atoms with Gasteiger partial charge in [0.05, 0.1) is 12.5 Å². The number of carboxylic acids is 1. The molecule has 58 valence electrons. The first kappa shape index (κ1) is 12.0. The number of nitrogens with one attached hydrogen (secondary N) is 1. The lowest BCUT2D eigenvalue weighted by Gasteiger charge is -1.79. The molecule has 1 heterocycles. The van der Waals surface area contributed by atoms with Gasteiger partial charge in [-0.2, -0.15) is 0 Å². The molecule has 0 fully saturated rings. The zero-order valence-corrected chi connectivity index (χ0v) is 6.41. The molecular weight excluding hydrogens is 179 g/mol. The van der Waals surface area contributed by atoms with E-state index in [1.165, 1.54) is 12.5 Å². The highest BCUT2D eigenvalue weighted by atomic mass is 35.5. The normalized spacial score (nSPS) is 7.20. The molecule has 0 saturated carbocycles. The Morgan fingerprint density at radius 3 is 2.40 bits per heavy atom. The van der Waals surface area contributed by atoms with Crippen LogP contribution >= 0.6 is 24.8 Å². The molecule has 6 heteroatoms. The molecule has 0 amide bonds. The van der Waals surface area contributed by atoms with Crippen molar-refractivity contribution < 1.29 is 9.90 Å². The lowest BCUT2D eigenvalue weighted by Crippen LogP contribution is -1.94. The molecule has 0 radical (unpaired) electrons. The number of hydrogen-bond donors (Lipinski definition) is 2. The quantitative estimate of drug-likeness (QED) is 0.684. The molecule has 0 bridgehead atoms. The molecular formula is C4H6Cl2N2O2. The summed E-state index contributed by atoms with van der Waals surface area (Å²) in [6.07, 6.45) is 2.58. The van der Waals surface area contributed by atoms with E-state index in [1.54, 1.807) is 0 Å². The van der Waals surface area contributed by atoms with E-state index in [2.05, 4.69) is 9.97 Å². The summed E-state index contributed by atoms with van der Waals surface area (Å²) in [6, 6.07) is 0. The molecule has 0 spiro atoms. The number of imidazole rings is 1. The lowest BCUT2D eigenvalue weighted by atomic mass is 10.5. The Morgan fingerprint density at radius 2 is 2.20 bits per heavy atom. The van der Waals surface area contributed by atoms with Crippen LogP contribution in [0.5, 0.6) is 0 Å². The van der Waals surface area contributed by atoms with Gasteiger partial charge in [-0.15, -0.1) is 24.8 Å². The third-order valence-electron chi connectivity index (χ3n) is 0.729. The summed E-state index contributed by atoms with van der Waals surface area (Å²) >= 11 is 0. The van der Waals surface area contributed by atoms with Crippen LogP contribution in [-0.2, 0) is 0 Å². The van der Waals surface area contributed by atoms with Gasteiger partial charge in [0.1, 0.15) is 5.69 Å². The fourth-order valence-corrected chi connectivity index (χ4v) is 0.373. The first-order chi connectivity index (χ1) is 3.80. The molecule has 2 N–H and O–H groups in total. The van der Waals surface area contributed by atoms with Gasteiger partial charge in [0.15, 0.2) is 0 Å². The van der Waals surface area contributed by atoms with E-state index in [9.17, 15) is 4.79 Å². The summed E-state index contributed by atoms with van der Waals surface area (Å²) in [5, 5.41) is 8.20. The Balaban J connectivity index is 0. The zero-order chi connectivity index (χ0) is 5.98. The van der Waals surface area contributed by atoms with E-state index in [-0.39, 0.29) is 30.5 Å². The first-order valence-corrected chi connectivity index (χ1v) is 2.02. The molecule has 4 nitrogen and oxygen atoms in total. The molecule has 0 atom stereocenters. The van der Waals surface area contributed by atoms with Crippen molar-refractivity contribution in [2.75, 3.05) is 0 Å². The standard InChI is InChI=1S/C4H4N2O2.2ClH/c7-4(8)3-1-5-2-6-3;;/h1-2H,(H,5,6)(H,7,8);2*1H. The summed E-state index contributed by atoms with van der Waals surface area (Å²) in [5.74, 6) is -0.984. The number of aromatic carboxylic acids is 1. The third-order valence-corrected chi connectivity index (χ3v) is 0.729. The minimum atomic E-state index is -0.984. The largest absolute Gasteiger partial charge is 0.477 e.